The highest BCUT2D eigenvalue weighted by Gasteiger charge is 2.54. The molecule has 2 N–H and O–H groups in total. The molecule has 0 unspecified atom stereocenters. The molecule has 10 rings (SSSR count). The van der Waals surface area contributed by atoms with Gasteiger partial charge in [0.25, 0.3) is 0 Å². The molecule has 8 aliphatic rings. The molecule has 0 saturated heterocycles. The van der Waals surface area contributed by atoms with E-state index in [1.807, 2.05) is 6.07 Å². The van der Waals surface area contributed by atoms with Crippen LogP contribution >= 0.6 is 0 Å². The second-order valence-corrected chi connectivity index (χ2v) is 13.5. The van der Waals surface area contributed by atoms with Crippen LogP contribution in [0.2, 0.25) is 0 Å². The van der Waals surface area contributed by atoms with Gasteiger partial charge in [0, 0.05) is 5.56 Å². The van der Waals surface area contributed by atoms with Crippen LogP contribution in [-0.4, -0.2) is 10.2 Å². The van der Waals surface area contributed by atoms with Gasteiger partial charge in [-0.25, -0.2) is 0 Å². The monoisotopic (exact) mass is 428 g/mol. The second-order valence-electron chi connectivity index (χ2n) is 13.5. The molecule has 2 aromatic rings. The van der Waals surface area contributed by atoms with Crippen LogP contribution in [0.3, 0.4) is 0 Å². The Morgan fingerprint density at radius 1 is 0.531 bits per heavy atom. The maximum Gasteiger partial charge on any atom is 0.119 e. The average molecular weight is 429 g/mol. The summed E-state index contributed by atoms with van der Waals surface area (Å²) in [6.07, 6.45) is 16.2. The highest BCUT2D eigenvalue weighted by molar-refractivity contribution is 5.90. The summed E-state index contributed by atoms with van der Waals surface area (Å²) in [4.78, 5) is 0. The number of benzene rings is 2. The van der Waals surface area contributed by atoms with Crippen molar-refractivity contribution in [2.45, 2.75) is 87.9 Å². The summed E-state index contributed by atoms with van der Waals surface area (Å²) in [6.45, 7) is 0. The highest BCUT2D eigenvalue weighted by atomic mass is 16.3. The van der Waals surface area contributed by atoms with Crippen LogP contribution in [0.1, 0.15) is 88.2 Å². The number of phenolic OH excluding ortho intramolecular Hbond substituents is 2. The Morgan fingerprint density at radius 3 is 1.44 bits per heavy atom. The van der Waals surface area contributed by atoms with Crippen molar-refractivity contribution in [2.75, 3.05) is 0 Å². The zero-order valence-corrected chi connectivity index (χ0v) is 19.2. The predicted octanol–water partition coefficient (Wildman–Crippen LogP) is 7.19. The van der Waals surface area contributed by atoms with Crippen LogP contribution in [-0.2, 0) is 10.8 Å². The van der Waals surface area contributed by atoms with Crippen molar-refractivity contribution in [3.8, 4) is 11.5 Å². The van der Waals surface area contributed by atoms with Crippen molar-refractivity contribution in [3.63, 3.8) is 0 Å². The Hall–Kier alpha value is -1.70. The first-order valence-electron chi connectivity index (χ1n) is 13.5. The zero-order chi connectivity index (χ0) is 21.2. The fourth-order valence-electron chi connectivity index (χ4n) is 11.1. The quantitative estimate of drug-likeness (QED) is 0.531. The molecule has 0 atom stereocenters. The summed E-state index contributed by atoms with van der Waals surface area (Å²) in [6, 6.07) is 8.47. The Bertz CT molecular complexity index is 1060. The number of fused-ring (bicyclic) bond motifs is 1. The lowest BCUT2D eigenvalue weighted by molar-refractivity contribution is -0.00609. The van der Waals surface area contributed by atoms with Crippen LogP contribution < -0.4 is 0 Å². The van der Waals surface area contributed by atoms with Crippen molar-refractivity contribution < 1.29 is 10.2 Å². The largest absolute Gasteiger partial charge is 0.508 e. The Balaban J connectivity index is 1.28. The van der Waals surface area contributed by atoms with Crippen LogP contribution in [0.5, 0.6) is 11.5 Å². The highest BCUT2D eigenvalue weighted by Crippen LogP contribution is 2.64. The van der Waals surface area contributed by atoms with Gasteiger partial charge in [-0.3, -0.25) is 0 Å². The molecule has 2 nitrogen and oxygen atoms in total. The number of hydrogen-bond acceptors (Lipinski definition) is 2. The second kappa shape index (κ2) is 6.05. The van der Waals surface area contributed by atoms with Crippen LogP contribution in [0.15, 0.2) is 24.3 Å². The van der Waals surface area contributed by atoms with E-state index in [-0.39, 0.29) is 10.8 Å². The van der Waals surface area contributed by atoms with Crippen molar-refractivity contribution in [1.82, 2.24) is 0 Å². The minimum Gasteiger partial charge on any atom is -0.508 e. The van der Waals surface area contributed by atoms with E-state index in [4.69, 9.17) is 0 Å². The first-order valence-corrected chi connectivity index (χ1v) is 13.5. The van der Waals surface area contributed by atoms with Gasteiger partial charge in [0.05, 0.1) is 0 Å². The summed E-state index contributed by atoms with van der Waals surface area (Å²) in [5.74, 6) is 6.17. The van der Waals surface area contributed by atoms with E-state index < -0.39 is 0 Å². The number of rotatable bonds is 2. The topological polar surface area (TPSA) is 40.5 Å². The molecule has 8 bridgehead atoms. The molecule has 0 spiro atoms. The minimum atomic E-state index is 0.180. The third kappa shape index (κ3) is 2.48. The van der Waals surface area contributed by atoms with Crippen LogP contribution in [0, 0.1) is 35.5 Å². The van der Waals surface area contributed by atoms with Gasteiger partial charge in [-0.1, -0.05) is 0 Å². The van der Waals surface area contributed by atoms with Crippen molar-refractivity contribution in [3.05, 3.63) is 35.4 Å². The zero-order valence-electron chi connectivity index (χ0n) is 19.2. The van der Waals surface area contributed by atoms with E-state index in [1.54, 1.807) is 0 Å². The Morgan fingerprint density at radius 2 is 0.969 bits per heavy atom. The lowest BCUT2D eigenvalue weighted by Gasteiger charge is -2.57. The molecule has 2 heteroatoms. The summed E-state index contributed by atoms with van der Waals surface area (Å²) in [5, 5.41) is 24.7. The van der Waals surface area contributed by atoms with Crippen LogP contribution in [0.25, 0.3) is 10.8 Å². The van der Waals surface area contributed by atoms with Gasteiger partial charge in [-0.15, -0.1) is 0 Å². The van der Waals surface area contributed by atoms with Gasteiger partial charge in [0.1, 0.15) is 11.5 Å². The Kier molecular flexibility index (Phi) is 3.53. The molecule has 32 heavy (non-hydrogen) atoms. The van der Waals surface area contributed by atoms with Gasteiger partial charge in [-0.05, 0) is 164 Å². The predicted molar refractivity (Wildman–Crippen MR) is 127 cm³/mol. The molecular weight excluding hydrogens is 392 g/mol. The number of hydrogen-bond donors (Lipinski definition) is 2. The van der Waals surface area contributed by atoms with Crippen molar-refractivity contribution >= 4 is 10.8 Å². The first kappa shape index (κ1) is 18.7. The molecule has 0 aliphatic heterocycles. The van der Waals surface area contributed by atoms with Gasteiger partial charge in [0.2, 0.25) is 0 Å². The molecule has 0 aromatic heterocycles. The third-order valence-electron chi connectivity index (χ3n) is 11.3. The van der Waals surface area contributed by atoms with Gasteiger partial charge in [0.15, 0.2) is 0 Å². The standard InChI is InChI=1S/C30H36O2/c31-24-7-23-8-27(30-14-20-4-21(15-30)6-22(5-20)16-30)28(32)10-25(23)26(9-24)29-11-17-1-18(12-29)3-19(2-17)13-29/h7-10,17-22,31-32H,1-6,11-16H2. The summed E-state index contributed by atoms with van der Waals surface area (Å²) >= 11 is 0. The maximum absolute atomic E-state index is 11.5. The molecule has 8 saturated carbocycles. The summed E-state index contributed by atoms with van der Waals surface area (Å²) in [5.41, 5.74) is 2.95. The molecule has 0 radical (unpaired) electrons. The first-order chi connectivity index (χ1) is 15.5. The van der Waals surface area contributed by atoms with Crippen molar-refractivity contribution in [2.24, 2.45) is 35.5 Å². The van der Waals surface area contributed by atoms with E-state index >= 15 is 0 Å². The van der Waals surface area contributed by atoms with E-state index in [2.05, 4.69) is 18.2 Å². The van der Waals surface area contributed by atoms with Gasteiger partial charge < -0.3 is 10.2 Å². The number of aromatic hydroxyl groups is 2. The molecular formula is C30H36O2. The smallest absolute Gasteiger partial charge is 0.119 e. The van der Waals surface area contributed by atoms with Crippen LogP contribution in [0.4, 0.5) is 0 Å². The van der Waals surface area contributed by atoms with Gasteiger partial charge >= 0.3 is 0 Å². The molecule has 8 aliphatic carbocycles. The van der Waals surface area contributed by atoms with E-state index in [1.165, 1.54) is 98.9 Å². The molecule has 2 aromatic carbocycles. The molecule has 0 amide bonds. The summed E-state index contributed by atoms with van der Waals surface area (Å²) < 4.78 is 0. The fraction of sp³-hybridized carbons (Fsp3) is 0.667. The fourth-order valence-corrected chi connectivity index (χ4v) is 11.1. The van der Waals surface area contributed by atoms with E-state index in [0.717, 1.165) is 35.5 Å². The van der Waals surface area contributed by atoms with Crippen molar-refractivity contribution in [1.29, 1.82) is 0 Å². The molecule has 8 fully saturated rings. The minimum absolute atomic E-state index is 0.180. The van der Waals surface area contributed by atoms with Gasteiger partial charge in [-0.2, -0.15) is 0 Å². The third-order valence-corrected chi connectivity index (χ3v) is 11.3. The number of phenols is 2. The normalized spacial score (nSPS) is 45.8. The molecule has 168 valence electrons. The lowest BCUT2D eigenvalue weighted by Crippen LogP contribution is -2.48. The lowest BCUT2D eigenvalue weighted by atomic mass is 9.47. The van der Waals surface area contributed by atoms with E-state index in [9.17, 15) is 10.2 Å². The molecule has 0 heterocycles. The average Bonchev–Trinajstić information content (AvgIpc) is 2.71. The summed E-state index contributed by atoms with van der Waals surface area (Å²) in [7, 11) is 0. The SMILES string of the molecule is Oc1cc(C23CC4CC(CC(C4)C2)C3)c2cc(O)c(C34CC5CC(CC(C5)C3)C4)cc2c1. The Labute approximate surface area is 191 Å². The maximum atomic E-state index is 11.5. The van der Waals surface area contributed by atoms with E-state index in [0.29, 0.717) is 11.5 Å².